The number of hydrogen-bond acceptors (Lipinski definition) is 8. The van der Waals surface area contributed by atoms with Gasteiger partial charge in [0.05, 0.1) is 28.4 Å². The van der Waals surface area contributed by atoms with E-state index in [1.54, 1.807) is 50.6 Å². The minimum absolute atomic E-state index is 0.0522. The fourth-order valence-electron chi connectivity index (χ4n) is 2.43. The summed E-state index contributed by atoms with van der Waals surface area (Å²) in [6.07, 6.45) is 0. The molecule has 146 valence electrons. The zero-order valence-corrected chi connectivity index (χ0v) is 15.8. The highest BCUT2D eigenvalue weighted by Crippen LogP contribution is 2.30. The first kappa shape index (κ1) is 19.0. The molecule has 0 fully saturated rings. The highest BCUT2D eigenvalue weighted by atomic mass is 16.5. The van der Waals surface area contributed by atoms with Crippen LogP contribution in [0, 0.1) is 0 Å². The molecule has 0 radical (unpaired) electrons. The van der Waals surface area contributed by atoms with E-state index in [0.717, 1.165) is 0 Å². The first-order valence-corrected chi connectivity index (χ1v) is 8.17. The van der Waals surface area contributed by atoms with Crippen molar-refractivity contribution in [2.24, 2.45) is 0 Å². The predicted octanol–water partition coefficient (Wildman–Crippen LogP) is 3.02. The van der Waals surface area contributed by atoms with Crippen molar-refractivity contribution in [3.63, 3.8) is 0 Å². The first-order valence-electron chi connectivity index (χ1n) is 8.17. The second-order valence-corrected chi connectivity index (χ2v) is 5.57. The molecule has 3 rings (SSSR count). The third kappa shape index (κ3) is 4.14. The highest BCUT2D eigenvalue weighted by molar-refractivity contribution is 6.03. The molecule has 0 aliphatic rings. The summed E-state index contributed by atoms with van der Waals surface area (Å²) in [5.41, 5.74) is 0.909. The zero-order valence-electron chi connectivity index (χ0n) is 15.8. The second kappa shape index (κ2) is 8.30. The van der Waals surface area contributed by atoms with Crippen molar-refractivity contribution < 1.29 is 28.2 Å². The topological polar surface area (TPSA) is 105 Å². The monoisotopic (exact) mass is 385 g/mol. The molecule has 28 heavy (non-hydrogen) atoms. The molecule has 1 amide bonds. The van der Waals surface area contributed by atoms with Gasteiger partial charge in [0, 0.05) is 23.3 Å². The van der Waals surface area contributed by atoms with E-state index in [1.807, 2.05) is 0 Å². The Kier molecular flexibility index (Phi) is 5.64. The molecule has 9 heteroatoms. The maximum absolute atomic E-state index is 12.5. The summed E-state index contributed by atoms with van der Waals surface area (Å²) < 4.78 is 26.3. The molecule has 0 aliphatic heterocycles. The Hall–Kier alpha value is -3.75. The van der Waals surface area contributed by atoms with Crippen molar-refractivity contribution in [1.29, 1.82) is 0 Å². The molecule has 0 bridgehead atoms. The van der Waals surface area contributed by atoms with Gasteiger partial charge in [0.1, 0.15) is 23.0 Å². The van der Waals surface area contributed by atoms with Gasteiger partial charge in [-0.1, -0.05) is 5.10 Å². The van der Waals surface area contributed by atoms with Crippen LogP contribution in [0.1, 0.15) is 10.4 Å². The van der Waals surface area contributed by atoms with Gasteiger partial charge in [-0.15, -0.1) is 5.10 Å². The van der Waals surface area contributed by atoms with Crippen LogP contribution < -0.4 is 24.3 Å². The van der Waals surface area contributed by atoms with E-state index in [2.05, 4.69) is 15.5 Å². The summed E-state index contributed by atoms with van der Waals surface area (Å²) in [6.45, 7) is 0. The van der Waals surface area contributed by atoms with Crippen molar-refractivity contribution >= 4 is 11.9 Å². The van der Waals surface area contributed by atoms with Crippen LogP contribution in [0.15, 0.2) is 40.8 Å². The van der Waals surface area contributed by atoms with Gasteiger partial charge < -0.3 is 23.4 Å². The van der Waals surface area contributed by atoms with Crippen LogP contribution in [0.2, 0.25) is 0 Å². The molecule has 2 aromatic carbocycles. The molecule has 3 aromatic rings. The highest BCUT2D eigenvalue weighted by Gasteiger charge is 2.16. The molecule has 1 heterocycles. The van der Waals surface area contributed by atoms with Crippen LogP contribution in [-0.2, 0) is 0 Å². The van der Waals surface area contributed by atoms with Crippen molar-refractivity contribution in [2.75, 3.05) is 33.8 Å². The zero-order chi connectivity index (χ0) is 20.1. The van der Waals surface area contributed by atoms with Gasteiger partial charge in [-0.3, -0.25) is 10.1 Å². The molecule has 1 N–H and O–H groups in total. The van der Waals surface area contributed by atoms with Gasteiger partial charge in [0.2, 0.25) is 5.89 Å². The summed E-state index contributed by atoms with van der Waals surface area (Å²) >= 11 is 0. The Balaban J connectivity index is 1.82. The van der Waals surface area contributed by atoms with Gasteiger partial charge >= 0.3 is 6.01 Å². The lowest BCUT2D eigenvalue weighted by Gasteiger charge is -2.07. The summed E-state index contributed by atoms with van der Waals surface area (Å²) in [5.74, 6) is 1.87. The molecular formula is C19H19N3O6. The standard InChI is InChI=1S/C19H19N3O6/c1-24-13-5-11(6-14(9-13)25-2)17(23)20-19-22-21-18(28-19)12-7-15(26-3)10-16(8-12)27-4/h5-10H,1-4H3,(H,20,22,23). The number of methoxy groups -OCH3 is 4. The summed E-state index contributed by atoms with van der Waals surface area (Å²) in [4.78, 5) is 12.5. The minimum Gasteiger partial charge on any atom is -0.497 e. The first-order chi connectivity index (χ1) is 13.6. The van der Waals surface area contributed by atoms with Crippen LogP contribution >= 0.6 is 0 Å². The average Bonchev–Trinajstić information content (AvgIpc) is 3.21. The number of hydrogen-bond donors (Lipinski definition) is 1. The lowest BCUT2D eigenvalue weighted by atomic mass is 10.2. The molecule has 0 atom stereocenters. The Morgan fingerprint density at radius 2 is 1.29 bits per heavy atom. The lowest BCUT2D eigenvalue weighted by Crippen LogP contribution is -2.12. The van der Waals surface area contributed by atoms with Gasteiger partial charge in [-0.05, 0) is 24.3 Å². The molecular weight excluding hydrogens is 366 g/mol. The molecule has 0 spiro atoms. The van der Waals surface area contributed by atoms with E-state index in [1.165, 1.54) is 14.2 Å². The Morgan fingerprint density at radius 3 is 1.79 bits per heavy atom. The largest absolute Gasteiger partial charge is 0.497 e. The third-order valence-electron chi connectivity index (χ3n) is 3.86. The Bertz CT molecular complexity index is 941. The van der Waals surface area contributed by atoms with Crippen molar-refractivity contribution in [3.8, 4) is 34.5 Å². The Morgan fingerprint density at radius 1 is 0.786 bits per heavy atom. The van der Waals surface area contributed by atoms with E-state index in [0.29, 0.717) is 34.1 Å². The van der Waals surface area contributed by atoms with Crippen molar-refractivity contribution in [3.05, 3.63) is 42.0 Å². The number of nitrogens with one attached hydrogen (secondary N) is 1. The van der Waals surface area contributed by atoms with Crippen LogP contribution in [0.4, 0.5) is 6.01 Å². The van der Waals surface area contributed by atoms with Crippen LogP contribution in [0.25, 0.3) is 11.5 Å². The molecule has 0 saturated carbocycles. The van der Waals surface area contributed by atoms with E-state index >= 15 is 0 Å². The van der Waals surface area contributed by atoms with Crippen molar-refractivity contribution in [1.82, 2.24) is 10.2 Å². The van der Waals surface area contributed by atoms with E-state index in [4.69, 9.17) is 23.4 Å². The number of benzene rings is 2. The van der Waals surface area contributed by atoms with Crippen LogP contribution in [-0.4, -0.2) is 44.5 Å². The van der Waals surface area contributed by atoms with Crippen molar-refractivity contribution in [2.45, 2.75) is 0 Å². The van der Waals surface area contributed by atoms with E-state index in [-0.39, 0.29) is 11.9 Å². The summed E-state index contributed by atoms with van der Waals surface area (Å²) in [7, 11) is 6.09. The third-order valence-corrected chi connectivity index (χ3v) is 3.86. The SMILES string of the molecule is COc1cc(OC)cc(C(=O)Nc2nnc(-c3cc(OC)cc(OC)c3)o2)c1. The molecule has 9 nitrogen and oxygen atoms in total. The molecule has 0 aliphatic carbocycles. The van der Waals surface area contributed by atoms with Gasteiger partial charge in [-0.25, -0.2) is 0 Å². The van der Waals surface area contributed by atoms with Gasteiger partial charge in [0.25, 0.3) is 5.91 Å². The normalized spacial score (nSPS) is 10.3. The fraction of sp³-hybridized carbons (Fsp3) is 0.211. The van der Waals surface area contributed by atoms with Gasteiger partial charge in [-0.2, -0.15) is 0 Å². The fourth-order valence-corrected chi connectivity index (χ4v) is 2.43. The maximum Gasteiger partial charge on any atom is 0.322 e. The van der Waals surface area contributed by atoms with Crippen LogP contribution in [0.5, 0.6) is 23.0 Å². The number of nitrogens with zero attached hydrogens (tertiary/aromatic N) is 2. The number of amides is 1. The number of anilines is 1. The summed E-state index contributed by atoms with van der Waals surface area (Å²) in [6, 6.07) is 9.91. The molecule has 0 unspecified atom stereocenters. The number of aromatic nitrogens is 2. The predicted molar refractivity (Wildman–Crippen MR) is 100 cm³/mol. The summed E-state index contributed by atoms with van der Waals surface area (Å²) in [5, 5.41) is 10.4. The second-order valence-electron chi connectivity index (χ2n) is 5.57. The van der Waals surface area contributed by atoms with E-state index in [9.17, 15) is 4.79 Å². The van der Waals surface area contributed by atoms with E-state index < -0.39 is 5.91 Å². The number of carbonyl (C=O) groups excluding carboxylic acids is 1. The quantitative estimate of drug-likeness (QED) is 0.662. The number of carbonyl (C=O) groups is 1. The smallest absolute Gasteiger partial charge is 0.322 e. The number of rotatable bonds is 7. The maximum atomic E-state index is 12.5. The number of ether oxygens (including phenoxy) is 4. The Labute approximate surface area is 161 Å². The molecule has 0 saturated heterocycles. The minimum atomic E-state index is -0.448. The average molecular weight is 385 g/mol. The van der Waals surface area contributed by atoms with Crippen LogP contribution in [0.3, 0.4) is 0 Å². The molecule has 1 aromatic heterocycles. The lowest BCUT2D eigenvalue weighted by molar-refractivity contribution is 0.102. The van der Waals surface area contributed by atoms with Gasteiger partial charge in [0.15, 0.2) is 0 Å².